The number of furan rings is 1. The molecule has 1 aromatic heterocycles. The smallest absolute Gasteiger partial charge is 0.335 e. The highest BCUT2D eigenvalue weighted by Crippen LogP contribution is 2.78. The van der Waals surface area contributed by atoms with E-state index in [0.717, 1.165) is 7.11 Å². The third-order valence-corrected chi connectivity index (χ3v) is 11.4. The van der Waals surface area contributed by atoms with Crippen molar-refractivity contribution in [3.8, 4) is 0 Å². The number of esters is 3. The molecular weight excluding hydrogens is 548 g/mol. The minimum atomic E-state index is -2.32. The van der Waals surface area contributed by atoms with Gasteiger partial charge in [-0.3, -0.25) is 9.59 Å². The first-order chi connectivity index (χ1) is 19.7. The Labute approximate surface area is 243 Å². The summed E-state index contributed by atoms with van der Waals surface area (Å²) in [5.41, 5.74) is -6.29. The highest BCUT2D eigenvalue weighted by atomic mass is 16.6. The predicted octanol–water partition coefficient (Wildman–Crippen LogP) is 2.44. The lowest BCUT2D eigenvalue weighted by Crippen LogP contribution is -2.81. The summed E-state index contributed by atoms with van der Waals surface area (Å²) in [6.07, 6.45) is 1.62. The monoisotopic (exact) mass is 586 g/mol. The van der Waals surface area contributed by atoms with Crippen LogP contribution in [0.3, 0.4) is 0 Å². The van der Waals surface area contributed by atoms with Crippen LogP contribution in [0.4, 0.5) is 0 Å². The van der Waals surface area contributed by atoms with E-state index in [2.05, 4.69) is 0 Å². The van der Waals surface area contributed by atoms with Crippen molar-refractivity contribution >= 4 is 23.7 Å². The van der Waals surface area contributed by atoms with Crippen LogP contribution in [0, 0.1) is 34.0 Å². The van der Waals surface area contributed by atoms with E-state index in [-0.39, 0.29) is 6.42 Å². The van der Waals surface area contributed by atoms with E-state index in [1.54, 1.807) is 33.8 Å². The lowest BCUT2D eigenvalue weighted by atomic mass is 9.36. The van der Waals surface area contributed by atoms with Crippen LogP contribution in [-0.4, -0.2) is 70.5 Å². The molecule has 0 amide bonds. The molecule has 2 aliphatic heterocycles. The fourth-order valence-corrected chi connectivity index (χ4v) is 9.93. The topological polar surface area (TPSA) is 162 Å². The van der Waals surface area contributed by atoms with Gasteiger partial charge < -0.3 is 33.6 Å². The van der Waals surface area contributed by atoms with E-state index < -0.39 is 93.3 Å². The number of carbonyl (C=O) groups is 4. The van der Waals surface area contributed by atoms with Gasteiger partial charge in [0.1, 0.15) is 23.9 Å². The molecule has 5 fully saturated rings. The molecule has 5 aliphatic rings. The maximum absolute atomic E-state index is 14.7. The maximum atomic E-state index is 14.7. The van der Waals surface area contributed by atoms with Crippen LogP contribution in [0.2, 0.25) is 0 Å². The Morgan fingerprint density at radius 1 is 1.17 bits per heavy atom. The summed E-state index contributed by atoms with van der Waals surface area (Å²) in [5, 5.41) is 24.1. The molecular formula is C31H38O11. The Morgan fingerprint density at radius 2 is 1.88 bits per heavy atom. The molecule has 3 aliphatic carbocycles. The first kappa shape index (κ1) is 29.1. The zero-order chi connectivity index (χ0) is 30.6. The number of methoxy groups -OCH3 is 1. The molecule has 11 atom stereocenters. The number of fused-ring (bicyclic) bond motifs is 5. The molecule has 42 heavy (non-hydrogen) atoms. The van der Waals surface area contributed by atoms with Crippen molar-refractivity contribution in [1.82, 2.24) is 0 Å². The van der Waals surface area contributed by atoms with Crippen LogP contribution in [-0.2, 0) is 38.1 Å². The van der Waals surface area contributed by atoms with Crippen LogP contribution >= 0.6 is 0 Å². The zero-order valence-electron chi connectivity index (χ0n) is 24.6. The highest BCUT2D eigenvalue weighted by Gasteiger charge is 2.91. The van der Waals surface area contributed by atoms with E-state index in [1.807, 2.05) is 6.92 Å². The third kappa shape index (κ3) is 3.33. The van der Waals surface area contributed by atoms with Crippen molar-refractivity contribution in [3.63, 3.8) is 0 Å². The van der Waals surface area contributed by atoms with Crippen molar-refractivity contribution in [2.24, 2.45) is 34.0 Å². The van der Waals surface area contributed by atoms with Gasteiger partial charge in [0.05, 0.1) is 26.1 Å². The Balaban J connectivity index is 1.55. The molecule has 11 nitrogen and oxygen atoms in total. The Morgan fingerprint density at radius 3 is 2.50 bits per heavy atom. The molecule has 6 rings (SSSR count). The van der Waals surface area contributed by atoms with E-state index in [0.29, 0.717) is 18.4 Å². The summed E-state index contributed by atoms with van der Waals surface area (Å²) in [6, 6.07) is 1.75. The second-order valence-electron chi connectivity index (χ2n) is 13.7. The SMILES string of the molecule is CC=CC(=O)OC1C(C)(C)C(C(O)C(=O)OC)C2(C)C(=O)C1(O)C1OC13C1CC(=O)OC(c4ccoc4)C1(C)CCC23. The normalized spacial score (nSPS) is 45.6. The number of hydrogen-bond donors (Lipinski definition) is 2. The number of ether oxygens (including phenoxy) is 4. The summed E-state index contributed by atoms with van der Waals surface area (Å²) in [6.45, 7) is 8.63. The molecule has 1 spiro atoms. The molecule has 2 saturated heterocycles. The Hall–Kier alpha value is -3.02. The van der Waals surface area contributed by atoms with Crippen LogP contribution in [0.1, 0.15) is 65.5 Å². The predicted molar refractivity (Wildman–Crippen MR) is 142 cm³/mol. The highest BCUT2D eigenvalue weighted by molar-refractivity contribution is 5.99. The van der Waals surface area contributed by atoms with Gasteiger partial charge in [-0.25, -0.2) is 9.59 Å². The molecule has 3 heterocycles. The fourth-order valence-electron chi connectivity index (χ4n) is 9.93. The molecule has 0 aromatic carbocycles. The fraction of sp³-hybridized carbons (Fsp3) is 0.677. The van der Waals surface area contributed by atoms with Crippen molar-refractivity contribution in [2.45, 2.75) is 89.5 Å². The average Bonchev–Trinajstić information content (AvgIpc) is 3.42. The van der Waals surface area contributed by atoms with Gasteiger partial charge >= 0.3 is 17.9 Å². The van der Waals surface area contributed by atoms with Gasteiger partial charge in [-0.2, -0.15) is 0 Å². The third-order valence-electron chi connectivity index (χ3n) is 11.4. The van der Waals surface area contributed by atoms with Crippen molar-refractivity contribution in [1.29, 1.82) is 0 Å². The molecule has 2 bridgehead atoms. The molecule has 2 N–H and O–H groups in total. The molecule has 1 aromatic rings. The van der Waals surface area contributed by atoms with Crippen LogP contribution in [0.15, 0.2) is 35.2 Å². The Kier molecular flexibility index (Phi) is 6.23. The average molecular weight is 587 g/mol. The molecule has 11 unspecified atom stereocenters. The minimum absolute atomic E-state index is 0.0190. The van der Waals surface area contributed by atoms with E-state index in [1.165, 1.54) is 24.7 Å². The number of cyclic esters (lactones) is 1. The molecule has 3 saturated carbocycles. The van der Waals surface area contributed by atoms with Gasteiger partial charge in [-0.15, -0.1) is 0 Å². The van der Waals surface area contributed by atoms with E-state index >= 15 is 0 Å². The lowest BCUT2D eigenvalue weighted by Gasteiger charge is -2.67. The van der Waals surface area contributed by atoms with Crippen LogP contribution < -0.4 is 0 Å². The summed E-state index contributed by atoms with van der Waals surface area (Å²) in [5.74, 6) is -5.05. The quantitative estimate of drug-likeness (QED) is 0.226. The van der Waals surface area contributed by atoms with Crippen LogP contribution in [0.5, 0.6) is 0 Å². The van der Waals surface area contributed by atoms with Crippen LogP contribution in [0.25, 0.3) is 0 Å². The number of aliphatic hydroxyl groups excluding tert-OH is 1. The number of Topliss-reactive ketones (excluding diaryl/α,β-unsaturated/α-hetero) is 1. The van der Waals surface area contributed by atoms with Gasteiger partial charge in [0.2, 0.25) is 0 Å². The van der Waals surface area contributed by atoms with Crippen molar-refractivity contribution < 1.29 is 52.8 Å². The molecule has 11 heteroatoms. The number of epoxide rings is 1. The maximum Gasteiger partial charge on any atom is 0.335 e. The minimum Gasteiger partial charge on any atom is -0.472 e. The number of ketones is 1. The van der Waals surface area contributed by atoms with Gasteiger partial charge in [0.15, 0.2) is 17.5 Å². The van der Waals surface area contributed by atoms with E-state index in [9.17, 15) is 29.4 Å². The van der Waals surface area contributed by atoms with Gasteiger partial charge in [0, 0.05) is 45.6 Å². The van der Waals surface area contributed by atoms with E-state index in [4.69, 9.17) is 23.4 Å². The lowest BCUT2D eigenvalue weighted by molar-refractivity contribution is -0.259. The Bertz CT molecular complexity index is 1360. The standard InChI is InChI=1S/C31H38O11/c1-7-8-18(32)41-25-27(2,3)21(20(34)23(35)38-6)29(5)16-9-11-28(4)17(31(16)26(42-31)30(25,37)24(29)36)13-19(33)40-22(28)15-10-12-39-14-15/h7-8,10,12,14,16-17,20-22,25-26,34,37H,9,11,13H2,1-6H3. The number of allylic oxidation sites excluding steroid dienone is 1. The largest absolute Gasteiger partial charge is 0.472 e. The number of carbonyl (C=O) groups excluding carboxylic acids is 4. The van der Waals surface area contributed by atoms with Gasteiger partial charge in [0.25, 0.3) is 0 Å². The first-order valence-electron chi connectivity index (χ1n) is 14.4. The second kappa shape index (κ2) is 9.00. The summed E-state index contributed by atoms with van der Waals surface area (Å²) >= 11 is 0. The van der Waals surface area contributed by atoms with Gasteiger partial charge in [-0.05, 0) is 25.8 Å². The second-order valence-corrected chi connectivity index (χ2v) is 13.7. The molecule has 0 radical (unpaired) electrons. The number of hydrogen-bond acceptors (Lipinski definition) is 11. The summed E-state index contributed by atoms with van der Waals surface area (Å²) in [4.78, 5) is 53.5. The van der Waals surface area contributed by atoms with Gasteiger partial charge in [-0.1, -0.05) is 33.8 Å². The van der Waals surface area contributed by atoms with Crippen molar-refractivity contribution in [2.75, 3.05) is 7.11 Å². The summed E-state index contributed by atoms with van der Waals surface area (Å²) in [7, 11) is 1.14. The molecule has 228 valence electrons. The summed E-state index contributed by atoms with van der Waals surface area (Å²) < 4.78 is 28.5. The van der Waals surface area contributed by atoms with Crippen molar-refractivity contribution in [3.05, 3.63) is 36.3 Å². The zero-order valence-corrected chi connectivity index (χ0v) is 24.6. The first-order valence-corrected chi connectivity index (χ1v) is 14.4. The number of aliphatic hydroxyl groups is 2. The number of rotatable bonds is 5.